The number of rotatable bonds is 6. The molecule has 0 saturated heterocycles. The normalized spacial score (nSPS) is 13.7. The van der Waals surface area contributed by atoms with Crippen LogP contribution in [0.25, 0.3) is 0 Å². The number of aryl methyl sites for hydroxylation is 2. The zero-order chi connectivity index (χ0) is 17.8. The Morgan fingerprint density at radius 3 is 2.68 bits per heavy atom. The van der Waals surface area contributed by atoms with E-state index in [0.29, 0.717) is 11.7 Å². The molecule has 25 heavy (non-hydrogen) atoms. The van der Waals surface area contributed by atoms with Crippen LogP contribution in [-0.2, 0) is 11.3 Å². The molecule has 0 bridgehead atoms. The second kappa shape index (κ2) is 7.80. The van der Waals surface area contributed by atoms with Gasteiger partial charge >= 0.3 is 6.03 Å². The van der Waals surface area contributed by atoms with E-state index in [2.05, 4.69) is 27.0 Å². The van der Waals surface area contributed by atoms with E-state index in [1.165, 1.54) is 5.56 Å². The summed E-state index contributed by atoms with van der Waals surface area (Å²) in [6.07, 6.45) is 2.23. The SMILES string of the molecule is Cc1ccc(NC(=O)NC(=O)CN(Cc2ccsc2)C2CC2)c(C)c1. The molecule has 132 valence electrons. The van der Waals surface area contributed by atoms with Crippen molar-refractivity contribution >= 4 is 29.0 Å². The summed E-state index contributed by atoms with van der Waals surface area (Å²) in [5.41, 5.74) is 4.03. The number of carbonyl (C=O) groups is 2. The van der Waals surface area contributed by atoms with Crippen LogP contribution in [-0.4, -0.2) is 29.4 Å². The highest BCUT2D eigenvalue weighted by atomic mass is 32.1. The number of nitrogens with one attached hydrogen (secondary N) is 2. The molecule has 1 aliphatic rings. The van der Waals surface area contributed by atoms with Crippen LogP contribution >= 0.6 is 11.3 Å². The van der Waals surface area contributed by atoms with Crippen LogP contribution in [0.5, 0.6) is 0 Å². The average Bonchev–Trinajstić information content (AvgIpc) is 3.27. The van der Waals surface area contributed by atoms with Crippen LogP contribution < -0.4 is 10.6 Å². The molecule has 2 aromatic rings. The van der Waals surface area contributed by atoms with Gasteiger partial charge in [0.2, 0.25) is 5.91 Å². The van der Waals surface area contributed by atoms with Crippen LogP contribution in [0.2, 0.25) is 0 Å². The first-order valence-corrected chi connectivity index (χ1v) is 9.39. The predicted molar refractivity (Wildman–Crippen MR) is 101 cm³/mol. The van der Waals surface area contributed by atoms with E-state index in [0.717, 1.165) is 30.5 Å². The van der Waals surface area contributed by atoms with Gasteiger partial charge in [-0.3, -0.25) is 15.0 Å². The molecule has 1 fully saturated rings. The fourth-order valence-electron chi connectivity index (χ4n) is 2.83. The largest absolute Gasteiger partial charge is 0.325 e. The standard InChI is InChI=1S/C19H23N3O2S/c1-13-3-6-17(14(2)9-13)20-19(24)21-18(23)11-22(16-4-5-16)10-15-7-8-25-12-15/h3,6-9,12,16H,4-5,10-11H2,1-2H3,(H2,20,21,23,24). The third-order valence-electron chi connectivity index (χ3n) is 4.26. The van der Waals surface area contributed by atoms with Crippen LogP contribution in [0, 0.1) is 13.8 Å². The van der Waals surface area contributed by atoms with Crippen molar-refractivity contribution in [3.05, 3.63) is 51.7 Å². The molecule has 0 atom stereocenters. The Balaban J connectivity index is 1.52. The van der Waals surface area contributed by atoms with Gasteiger partial charge in [0.15, 0.2) is 0 Å². The molecule has 1 saturated carbocycles. The zero-order valence-electron chi connectivity index (χ0n) is 14.5. The van der Waals surface area contributed by atoms with Crippen LogP contribution in [0.4, 0.5) is 10.5 Å². The maximum absolute atomic E-state index is 12.2. The highest BCUT2D eigenvalue weighted by Gasteiger charge is 2.30. The van der Waals surface area contributed by atoms with Gasteiger partial charge in [-0.05, 0) is 60.7 Å². The van der Waals surface area contributed by atoms with Crippen molar-refractivity contribution in [2.75, 3.05) is 11.9 Å². The number of anilines is 1. The van der Waals surface area contributed by atoms with Crippen molar-refractivity contribution in [2.24, 2.45) is 0 Å². The number of urea groups is 1. The number of carbonyl (C=O) groups excluding carboxylic acids is 2. The highest BCUT2D eigenvalue weighted by Crippen LogP contribution is 2.28. The number of benzene rings is 1. The summed E-state index contributed by atoms with van der Waals surface area (Å²) in [6.45, 7) is 4.92. The monoisotopic (exact) mass is 357 g/mol. The Morgan fingerprint density at radius 2 is 2.04 bits per heavy atom. The molecular formula is C19H23N3O2S. The molecular weight excluding hydrogens is 334 g/mol. The van der Waals surface area contributed by atoms with Crippen molar-refractivity contribution in [3.8, 4) is 0 Å². The molecule has 0 radical (unpaired) electrons. The van der Waals surface area contributed by atoms with E-state index in [9.17, 15) is 9.59 Å². The molecule has 3 amide bonds. The van der Waals surface area contributed by atoms with Gasteiger partial charge in [-0.15, -0.1) is 0 Å². The van der Waals surface area contributed by atoms with E-state index in [4.69, 9.17) is 0 Å². The Labute approximate surface area is 152 Å². The molecule has 1 aliphatic carbocycles. The van der Waals surface area contributed by atoms with Crippen molar-refractivity contribution in [1.29, 1.82) is 0 Å². The molecule has 5 nitrogen and oxygen atoms in total. The van der Waals surface area contributed by atoms with Crippen molar-refractivity contribution < 1.29 is 9.59 Å². The van der Waals surface area contributed by atoms with Gasteiger partial charge in [-0.2, -0.15) is 11.3 Å². The maximum Gasteiger partial charge on any atom is 0.325 e. The molecule has 1 aromatic carbocycles. The number of nitrogens with zero attached hydrogens (tertiary/aromatic N) is 1. The molecule has 0 unspecified atom stereocenters. The van der Waals surface area contributed by atoms with Crippen LogP contribution in [0.3, 0.4) is 0 Å². The smallest absolute Gasteiger partial charge is 0.307 e. The second-order valence-corrected chi connectivity index (χ2v) is 7.37. The lowest BCUT2D eigenvalue weighted by atomic mass is 10.1. The predicted octanol–water partition coefficient (Wildman–Crippen LogP) is 3.68. The summed E-state index contributed by atoms with van der Waals surface area (Å²) in [4.78, 5) is 26.5. The number of hydrogen-bond acceptors (Lipinski definition) is 4. The van der Waals surface area contributed by atoms with Gasteiger partial charge in [0, 0.05) is 18.3 Å². The maximum atomic E-state index is 12.2. The molecule has 0 spiro atoms. The van der Waals surface area contributed by atoms with Gasteiger partial charge in [-0.1, -0.05) is 17.7 Å². The van der Waals surface area contributed by atoms with E-state index in [1.807, 2.05) is 37.4 Å². The Bertz CT molecular complexity index is 754. The van der Waals surface area contributed by atoms with E-state index in [1.54, 1.807) is 11.3 Å². The van der Waals surface area contributed by atoms with Crippen molar-refractivity contribution in [2.45, 2.75) is 39.3 Å². The first-order chi connectivity index (χ1) is 12.0. The number of amides is 3. The van der Waals surface area contributed by atoms with Gasteiger partial charge in [0.05, 0.1) is 6.54 Å². The summed E-state index contributed by atoms with van der Waals surface area (Å²) >= 11 is 1.66. The lowest BCUT2D eigenvalue weighted by Crippen LogP contribution is -2.42. The summed E-state index contributed by atoms with van der Waals surface area (Å²) in [7, 11) is 0. The van der Waals surface area contributed by atoms with Crippen LogP contribution in [0.1, 0.15) is 29.5 Å². The third kappa shape index (κ3) is 5.14. The Kier molecular flexibility index (Phi) is 5.50. The Morgan fingerprint density at radius 1 is 1.24 bits per heavy atom. The zero-order valence-corrected chi connectivity index (χ0v) is 15.4. The minimum atomic E-state index is -0.483. The second-order valence-electron chi connectivity index (χ2n) is 6.59. The molecule has 1 aromatic heterocycles. The molecule has 6 heteroatoms. The van der Waals surface area contributed by atoms with E-state index < -0.39 is 6.03 Å². The summed E-state index contributed by atoms with van der Waals surface area (Å²) in [5, 5.41) is 9.32. The quantitative estimate of drug-likeness (QED) is 0.829. The minimum absolute atomic E-state index is 0.237. The van der Waals surface area contributed by atoms with Gasteiger partial charge in [0.1, 0.15) is 0 Å². The first kappa shape index (κ1) is 17.6. The summed E-state index contributed by atoms with van der Waals surface area (Å²) in [6, 6.07) is 7.82. The summed E-state index contributed by atoms with van der Waals surface area (Å²) < 4.78 is 0. The van der Waals surface area contributed by atoms with Crippen molar-refractivity contribution in [1.82, 2.24) is 10.2 Å². The minimum Gasteiger partial charge on any atom is -0.307 e. The summed E-state index contributed by atoms with van der Waals surface area (Å²) in [5.74, 6) is -0.274. The third-order valence-corrected chi connectivity index (χ3v) is 4.99. The van der Waals surface area contributed by atoms with E-state index >= 15 is 0 Å². The van der Waals surface area contributed by atoms with Gasteiger partial charge in [0.25, 0.3) is 0 Å². The highest BCUT2D eigenvalue weighted by molar-refractivity contribution is 7.07. The number of imide groups is 1. The van der Waals surface area contributed by atoms with Crippen LogP contribution in [0.15, 0.2) is 35.0 Å². The van der Waals surface area contributed by atoms with Gasteiger partial charge in [-0.25, -0.2) is 4.79 Å². The fraction of sp³-hybridized carbons (Fsp3) is 0.368. The fourth-order valence-corrected chi connectivity index (χ4v) is 3.49. The number of hydrogen-bond donors (Lipinski definition) is 2. The molecule has 2 N–H and O–H groups in total. The topological polar surface area (TPSA) is 61.4 Å². The van der Waals surface area contributed by atoms with Gasteiger partial charge < -0.3 is 5.32 Å². The first-order valence-electron chi connectivity index (χ1n) is 8.44. The molecule has 3 rings (SSSR count). The molecule has 1 heterocycles. The Hall–Kier alpha value is -2.18. The number of thiophene rings is 1. The van der Waals surface area contributed by atoms with E-state index in [-0.39, 0.29) is 12.5 Å². The van der Waals surface area contributed by atoms with Crippen molar-refractivity contribution in [3.63, 3.8) is 0 Å². The lowest BCUT2D eigenvalue weighted by Gasteiger charge is -2.20. The average molecular weight is 357 g/mol. The lowest BCUT2D eigenvalue weighted by molar-refractivity contribution is -0.121. The molecule has 0 aliphatic heterocycles.